The summed E-state index contributed by atoms with van der Waals surface area (Å²) in [4.78, 5) is 5.64. The first-order valence-electron chi connectivity index (χ1n) is 4.65. The highest BCUT2D eigenvalue weighted by atomic mass is 32.2. The van der Waals surface area contributed by atoms with Gasteiger partial charge >= 0.3 is 0 Å². The molecule has 2 nitrogen and oxygen atoms in total. The van der Waals surface area contributed by atoms with E-state index < -0.39 is 0 Å². The van der Waals surface area contributed by atoms with Gasteiger partial charge in [-0.05, 0) is 29.8 Å². The molecule has 1 N–H and O–H groups in total. The van der Waals surface area contributed by atoms with E-state index in [9.17, 15) is 0 Å². The van der Waals surface area contributed by atoms with E-state index in [1.807, 2.05) is 18.5 Å². The zero-order chi connectivity index (χ0) is 10.5. The molecule has 2 aromatic heterocycles. The predicted octanol–water partition coefficient (Wildman–Crippen LogP) is 3.48. The summed E-state index contributed by atoms with van der Waals surface area (Å²) in [6, 6.07) is 8.28. The van der Waals surface area contributed by atoms with Gasteiger partial charge in [-0.15, -0.1) is 23.1 Å². The molecule has 0 radical (unpaired) electrons. The zero-order valence-corrected chi connectivity index (χ0v) is 10.1. The summed E-state index contributed by atoms with van der Waals surface area (Å²) in [5.74, 6) is 0. The third-order valence-electron chi connectivity index (χ3n) is 1.99. The van der Waals surface area contributed by atoms with Crippen LogP contribution in [0.25, 0.3) is 0 Å². The number of anilines is 1. The lowest BCUT2D eigenvalue weighted by Crippen LogP contribution is -1.97. The maximum atomic E-state index is 4.30. The second-order valence-electron chi connectivity index (χ2n) is 3.02. The molecular formula is C11H12N2S2. The number of thiophene rings is 1. The Bertz CT molecular complexity index is 395. The fraction of sp³-hybridized carbons (Fsp3) is 0.182. The summed E-state index contributed by atoms with van der Waals surface area (Å²) in [5.41, 5.74) is 1.07. The van der Waals surface area contributed by atoms with Gasteiger partial charge in [-0.1, -0.05) is 6.07 Å². The topological polar surface area (TPSA) is 24.9 Å². The van der Waals surface area contributed by atoms with Gasteiger partial charge < -0.3 is 5.32 Å². The molecule has 0 saturated heterocycles. The third-order valence-corrected chi connectivity index (χ3v) is 3.53. The Labute approximate surface area is 97.8 Å². The van der Waals surface area contributed by atoms with Crippen molar-refractivity contribution in [2.45, 2.75) is 11.6 Å². The summed E-state index contributed by atoms with van der Waals surface area (Å²) in [5, 5.41) is 6.48. The van der Waals surface area contributed by atoms with Crippen LogP contribution in [0.5, 0.6) is 0 Å². The molecule has 2 aromatic rings. The number of rotatable bonds is 4. The van der Waals surface area contributed by atoms with Gasteiger partial charge in [-0.25, -0.2) is 4.98 Å². The highest BCUT2D eigenvalue weighted by Gasteiger charge is 1.95. The number of nitrogens with zero attached hydrogens (tertiary/aromatic N) is 1. The van der Waals surface area contributed by atoms with Crippen LogP contribution >= 0.6 is 23.1 Å². The first-order chi connectivity index (χ1) is 7.38. The highest BCUT2D eigenvalue weighted by Crippen LogP contribution is 2.15. The largest absolute Gasteiger partial charge is 0.379 e. The molecule has 15 heavy (non-hydrogen) atoms. The summed E-state index contributed by atoms with van der Waals surface area (Å²) in [6.07, 6.45) is 3.90. The van der Waals surface area contributed by atoms with Crippen LogP contribution < -0.4 is 5.32 Å². The molecule has 0 spiro atoms. The number of thioether (sulfide) groups is 1. The summed E-state index contributed by atoms with van der Waals surface area (Å²) in [7, 11) is 0. The van der Waals surface area contributed by atoms with Crippen LogP contribution in [0.1, 0.15) is 4.88 Å². The molecule has 0 aliphatic rings. The van der Waals surface area contributed by atoms with Gasteiger partial charge in [0, 0.05) is 11.4 Å². The average molecular weight is 236 g/mol. The van der Waals surface area contributed by atoms with Crippen molar-refractivity contribution in [3.8, 4) is 0 Å². The minimum atomic E-state index is 0.873. The van der Waals surface area contributed by atoms with Crippen molar-refractivity contribution in [2.24, 2.45) is 0 Å². The Hall–Kier alpha value is -1.00. The SMILES string of the molecule is CSc1ccc(NCc2cccs2)cn1. The molecule has 0 unspecified atom stereocenters. The van der Waals surface area contributed by atoms with Crippen LogP contribution in [-0.2, 0) is 6.54 Å². The number of hydrogen-bond acceptors (Lipinski definition) is 4. The number of pyridine rings is 1. The summed E-state index contributed by atoms with van der Waals surface area (Å²) in [6.45, 7) is 0.873. The highest BCUT2D eigenvalue weighted by molar-refractivity contribution is 7.98. The van der Waals surface area contributed by atoms with Gasteiger partial charge in [-0.2, -0.15) is 0 Å². The van der Waals surface area contributed by atoms with E-state index in [4.69, 9.17) is 0 Å². The van der Waals surface area contributed by atoms with Crippen molar-refractivity contribution >= 4 is 28.8 Å². The molecule has 0 aromatic carbocycles. The summed E-state index contributed by atoms with van der Waals surface area (Å²) >= 11 is 3.42. The quantitative estimate of drug-likeness (QED) is 0.823. The second-order valence-corrected chi connectivity index (χ2v) is 4.88. The van der Waals surface area contributed by atoms with Crippen molar-refractivity contribution in [1.82, 2.24) is 4.98 Å². The van der Waals surface area contributed by atoms with E-state index in [1.54, 1.807) is 23.1 Å². The first kappa shape index (κ1) is 10.5. The van der Waals surface area contributed by atoms with Crippen LogP contribution in [0.4, 0.5) is 5.69 Å². The van der Waals surface area contributed by atoms with Crippen LogP contribution in [0, 0.1) is 0 Å². The molecular weight excluding hydrogens is 224 g/mol. The lowest BCUT2D eigenvalue weighted by Gasteiger charge is -2.04. The monoisotopic (exact) mass is 236 g/mol. The predicted molar refractivity (Wildman–Crippen MR) is 67.7 cm³/mol. The number of aromatic nitrogens is 1. The molecule has 2 heterocycles. The normalized spacial score (nSPS) is 10.2. The number of hydrogen-bond donors (Lipinski definition) is 1. The lowest BCUT2D eigenvalue weighted by atomic mass is 10.4. The lowest BCUT2D eigenvalue weighted by molar-refractivity contribution is 1.11. The van der Waals surface area contributed by atoms with E-state index >= 15 is 0 Å². The maximum Gasteiger partial charge on any atom is 0.0958 e. The molecule has 0 atom stereocenters. The minimum Gasteiger partial charge on any atom is -0.379 e. The molecule has 0 saturated carbocycles. The van der Waals surface area contributed by atoms with Gasteiger partial charge in [0.2, 0.25) is 0 Å². The van der Waals surface area contributed by atoms with Gasteiger partial charge in [-0.3, -0.25) is 0 Å². The molecule has 0 bridgehead atoms. The van der Waals surface area contributed by atoms with Crippen LogP contribution in [0.15, 0.2) is 40.9 Å². The zero-order valence-electron chi connectivity index (χ0n) is 8.43. The van der Waals surface area contributed by atoms with Crippen molar-refractivity contribution in [3.63, 3.8) is 0 Å². The molecule has 0 fully saturated rings. The van der Waals surface area contributed by atoms with Crippen LogP contribution in [0.2, 0.25) is 0 Å². The van der Waals surface area contributed by atoms with Gasteiger partial charge in [0.15, 0.2) is 0 Å². The van der Waals surface area contributed by atoms with E-state index in [0.717, 1.165) is 17.3 Å². The Balaban J connectivity index is 1.93. The molecule has 78 valence electrons. The van der Waals surface area contributed by atoms with E-state index in [2.05, 4.69) is 33.9 Å². The Morgan fingerprint density at radius 2 is 2.33 bits per heavy atom. The standard InChI is InChI=1S/C11H12N2S2/c1-14-11-5-4-9(7-13-11)12-8-10-3-2-6-15-10/h2-7,12H,8H2,1H3. The van der Waals surface area contributed by atoms with Gasteiger partial charge in [0.25, 0.3) is 0 Å². The molecule has 0 aliphatic carbocycles. The van der Waals surface area contributed by atoms with E-state index in [-0.39, 0.29) is 0 Å². The van der Waals surface area contributed by atoms with Crippen molar-refractivity contribution in [3.05, 3.63) is 40.7 Å². The van der Waals surface area contributed by atoms with Crippen molar-refractivity contribution in [1.29, 1.82) is 0 Å². The minimum absolute atomic E-state index is 0.873. The maximum absolute atomic E-state index is 4.30. The number of nitrogens with one attached hydrogen (secondary N) is 1. The second kappa shape index (κ2) is 5.19. The van der Waals surface area contributed by atoms with Gasteiger partial charge in [0.05, 0.1) is 16.9 Å². The van der Waals surface area contributed by atoms with E-state index in [1.165, 1.54) is 4.88 Å². The Kier molecular flexibility index (Phi) is 3.64. The molecule has 0 aliphatic heterocycles. The van der Waals surface area contributed by atoms with Crippen molar-refractivity contribution in [2.75, 3.05) is 11.6 Å². The Morgan fingerprint density at radius 1 is 1.40 bits per heavy atom. The molecule has 4 heteroatoms. The Morgan fingerprint density at radius 3 is 2.93 bits per heavy atom. The van der Waals surface area contributed by atoms with Crippen molar-refractivity contribution < 1.29 is 0 Å². The van der Waals surface area contributed by atoms with Crippen LogP contribution in [-0.4, -0.2) is 11.2 Å². The van der Waals surface area contributed by atoms with Crippen LogP contribution in [0.3, 0.4) is 0 Å². The third kappa shape index (κ3) is 2.97. The molecule has 2 rings (SSSR count). The fourth-order valence-corrected chi connectivity index (χ4v) is 2.21. The average Bonchev–Trinajstić information content (AvgIpc) is 2.80. The smallest absolute Gasteiger partial charge is 0.0958 e. The summed E-state index contributed by atoms with van der Waals surface area (Å²) < 4.78 is 0. The first-order valence-corrected chi connectivity index (χ1v) is 6.75. The van der Waals surface area contributed by atoms with E-state index in [0.29, 0.717) is 0 Å². The fourth-order valence-electron chi connectivity index (χ4n) is 1.21. The van der Waals surface area contributed by atoms with Gasteiger partial charge in [0.1, 0.15) is 0 Å². The molecule has 0 amide bonds.